The maximum Gasteiger partial charge on any atom is 0.345 e. The van der Waals surface area contributed by atoms with Gasteiger partial charge in [0, 0.05) is 32.0 Å². The molecule has 2 aromatic rings. The Bertz CT molecular complexity index is 734. The molecule has 1 saturated heterocycles. The van der Waals surface area contributed by atoms with Crippen LogP contribution in [0.25, 0.3) is 0 Å². The lowest BCUT2D eigenvalue weighted by Crippen LogP contribution is -2.34. The molecular weight excluding hydrogens is 306 g/mol. The quantitative estimate of drug-likeness (QED) is 0.838. The van der Waals surface area contributed by atoms with E-state index in [-0.39, 0.29) is 5.69 Å². The van der Waals surface area contributed by atoms with Gasteiger partial charge in [-0.1, -0.05) is 13.8 Å². The predicted molar refractivity (Wildman–Crippen MR) is 91.0 cm³/mol. The molecule has 3 rings (SSSR count). The molecule has 0 bridgehead atoms. The van der Waals surface area contributed by atoms with E-state index in [9.17, 15) is 4.79 Å². The van der Waals surface area contributed by atoms with Crippen molar-refractivity contribution in [3.05, 3.63) is 34.2 Å². The molecule has 132 valence electrons. The van der Waals surface area contributed by atoms with Crippen molar-refractivity contribution >= 4 is 0 Å². The molecule has 0 aliphatic carbocycles. The first kappa shape index (κ1) is 17.0. The van der Waals surface area contributed by atoms with Crippen molar-refractivity contribution in [1.29, 1.82) is 0 Å². The van der Waals surface area contributed by atoms with Crippen molar-refractivity contribution in [3.63, 3.8) is 0 Å². The lowest BCUT2D eigenvalue weighted by molar-refractivity contribution is 0.197. The number of aromatic nitrogens is 4. The normalized spacial score (nSPS) is 17.0. The van der Waals surface area contributed by atoms with E-state index in [1.165, 1.54) is 4.68 Å². The lowest BCUT2D eigenvalue weighted by Gasteiger charge is -2.30. The molecule has 2 aromatic heterocycles. The van der Waals surface area contributed by atoms with Crippen molar-refractivity contribution in [3.8, 4) is 0 Å². The Morgan fingerprint density at radius 2 is 2.04 bits per heavy atom. The monoisotopic (exact) mass is 333 g/mol. The Labute approximate surface area is 142 Å². The van der Waals surface area contributed by atoms with Crippen LogP contribution in [0.4, 0.5) is 0 Å². The van der Waals surface area contributed by atoms with Crippen LogP contribution in [0.5, 0.6) is 0 Å². The molecule has 24 heavy (non-hydrogen) atoms. The van der Waals surface area contributed by atoms with E-state index in [4.69, 9.17) is 4.42 Å². The minimum atomic E-state index is -0.0151. The van der Waals surface area contributed by atoms with Gasteiger partial charge in [-0.25, -0.2) is 14.5 Å². The molecule has 7 nitrogen and oxygen atoms in total. The maximum absolute atomic E-state index is 12.1. The van der Waals surface area contributed by atoms with Gasteiger partial charge < -0.3 is 4.42 Å². The zero-order chi connectivity index (χ0) is 17.3. The molecule has 0 radical (unpaired) electrons. The van der Waals surface area contributed by atoms with E-state index in [0.717, 1.165) is 49.9 Å². The molecule has 1 aliphatic rings. The van der Waals surface area contributed by atoms with Crippen molar-refractivity contribution in [2.24, 2.45) is 7.05 Å². The number of rotatable bonds is 5. The smallest absolute Gasteiger partial charge is 0.345 e. The second-order valence-electron chi connectivity index (χ2n) is 6.89. The van der Waals surface area contributed by atoms with Crippen molar-refractivity contribution in [2.45, 2.75) is 58.5 Å². The lowest BCUT2D eigenvalue weighted by atomic mass is 9.96. The molecule has 0 unspecified atom stereocenters. The van der Waals surface area contributed by atoms with E-state index >= 15 is 0 Å². The highest BCUT2D eigenvalue weighted by Crippen LogP contribution is 2.27. The van der Waals surface area contributed by atoms with E-state index in [1.54, 1.807) is 17.9 Å². The Morgan fingerprint density at radius 1 is 1.33 bits per heavy atom. The topological polar surface area (TPSA) is 69.1 Å². The number of nitrogens with zero attached hydrogens (tertiary/aromatic N) is 5. The van der Waals surface area contributed by atoms with Crippen LogP contribution in [0.3, 0.4) is 0 Å². The highest BCUT2D eigenvalue weighted by molar-refractivity contribution is 5.02. The maximum atomic E-state index is 12.1. The first-order chi connectivity index (χ1) is 11.5. The third-order valence-electron chi connectivity index (χ3n) is 4.75. The summed E-state index contributed by atoms with van der Waals surface area (Å²) in [5.74, 6) is 2.42. The Morgan fingerprint density at radius 3 is 2.62 bits per heavy atom. The Hall–Kier alpha value is -1.89. The van der Waals surface area contributed by atoms with Gasteiger partial charge in [0.05, 0.1) is 5.69 Å². The van der Waals surface area contributed by atoms with Crippen LogP contribution in [0.2, 0.25) is 0 Å². The molecule has 0 atom stereocenters. The highest BCUT2D eigenvalue weighted by atomic mass is 16.3. The molecule has 7 heteroatoms. The number of piperidine rings is 1. The zero-order valence-electron chi connectivity index (χ0n) is 15.0. The van der Waals surface area contributed by atoms with Gasteiger partial charge in [-0.15, -0.1) is 0 Å². The van der Waals surface area contributed by atoms with E-state index < -0.39 is 0 Å². The van der Waals surface area contributed by atoms with Crippen molar-refractivity contribution in [2.75, 3.05) is 13.1 Å². The summed E-state index contributed by atoms with van der Waals surface area (Å²) in [5.41, 5.74) is 0.985. The van der Waals surface area contributed by atoms with Crippen LogP contribution >= 0.6 is 0 Å². The first-order valence-electron chi connectivity index (χ1n) is 8.80. The molecule has 0 amide bonds. The number of likely N-dealkylation sites (tertiary alicyclic amines) is 1. The van der Waals surface area contributed by atoms with Gasteiger partial charge in [-0.3, -0.25) is 9.47 Å². The summed E-state index contributed by atoms with van der Waals surface area (Å²) < 4.78 is 8.77. The molecule has 0 aromatic carbocycles. The minimum absolute atomic E-state index is 0.0151. The summed E-state index contributed by atoms with van der Waals surface area (Å²) in [5, 5.41) is 4.46. The molecule has 3 heterocycles. The first-order valence-corrected chi connectivity index (χ1v) is 8.80. The second kappa shape index (κ2) is 6.93. The molecule has 1 fully saturated rings. The van der Waals surface area contributed by atoms with Crippen molar-refractivity contribution in [1.82, 2.24) is 24.2 Å². The van der Waals surface area contributed by atoms with Crippen LogP contribution in [-0.4, -0.2) is 37.3 Å². The standard InChI is InChI=1S/C17H27N5O2/c1-5-22-15(19-20(4)17(22)23)13-6-8-21(9-7-13)10-14-11-24-16(18-14)12(2)3/h11-13H,5-10H2,1-4H3. The molecule has 0 spiro atoms. The van der Waals surface area contributed by atoms with Crippen LogP contribution < -0.4 is 5.69 Å². The summed E-state index contributed by atoms with van der Waals surface area (Å²) in [6.07, 6.45) is 3.81. The van der Waals surface area contributed by atoms with E-state index in [0.29, 0.717) is 18.4 Å². The number of hydrogen-bond donors (Lipinski definition) is 0. The average Bonchev–Trinajstić information content (AvgIpc) is 3.14. The third-order valence-corrected chi connectivity index (χ3v) is 4.75. The summed E-state index contributed by atoms with van der Waals surface area (Å²) in [6, 6.07) is 0. The number of oxazole rings is 1. The number of hydrogen-bond acceptors (Lipinski definition) is 5. The van der Waals surface area contributed by atoms with Gasteiger partial charge >= 0.3 is 5.69 Å². The van der Waals surface area contributed by atoms with E-state index in [1.807, 2.05) is 6.92 Å². The third kappa shape index (κ3) is 3.31. The largest absolute Gasteiger partial charge is 0.448 e. The summed E-state index contributed by atoms with van der Waals surface area (Å²) in [7, 11) is 1.73. The van der Waals surface area contributed by atoms with Gasteiger partial charge in [-0.05, 0) is 32.9 Å². The van der Waals surface area contributed by atoms with Crippen LogP contribution in [0.1, 0.15) is 62.9 Å². The second-order valence-corrected chi connectivity index (χ2v) is 6.89. The van der Waals surface area contributed by atoms with Gasteiger partial charge in [0.1, 0.15) is 12.1 Å². The fourth-order valence-electron chi connectivity index (χ4n) is 3.36. The molecule has 0 N–H and O–H groups in total. The zero-order valence-corrected chi connectivity index (χ0v) is 15.0. The fraction of sp³-hybridized carbons (Fsp3) is 0.706. The fourth-order valence-corrected chi connectivity index (χ4v) is 3.36. The Kier molecular flexibility index (Phi) is 4.89. The van der Waals surface area contributed by atoms with Gasteiger partial charge in [0.2, 0.25) is 0 Å². The minimum Gasteiger partial charge on any atom is -0.448 e. The summed E-state index contributed by atoms with van der Waals surface area (Å²) in [6.45, 7) is 9.65. The highest BCUT2D eigenvalue weighted by Gasteiger charge is 2.26. The predicted octanol–water partition coefficient (Wildman–Crippen LogP) is 2.09. The molecule has 1 aliphatic heterocycles. The Balaban J connectivity index is 1.61. The van der Waals surface area contributed by atoms with Crippen LogP contribution in [0.15, 0.2) is 15.5 Å². The van der Waals surface area contributed by atoms with Crippen molar-refractivity contribution < 1.29 is 4.42 Å². The summed E-state index contributed by atoms with van der Waals surface area (Å²) >= 11 is 0. The molecular formula is C17H27N5O2. The van der Waals surface area contributed by atoms with Crippen LogP contribution in [-0.2, 0) is 20.1 Å². The number of aryl methyl sites for hydroxylation is 1. The van der Waals surface area contributed by atoms with E-state index in [2.05, 4.69) is 28.8 Å². The molecule has 0 saturated carbocycles. The SMILES string of the molecule is CCn1c(C2CCN(Cc3coc(C(C)C)n3)CC2)nn(C)c1=O. The van der Waals surface area contributed by atoms with Crippen LogP contribution in [0, 0.1) is 0 Å². The average molecular weight is 333 g/mol. The van der Waals surface area contributed by atoms with Gasteiger partial charge in [0.25, 0.3) is 0 Å². The summed E-state index contributed by atoms with van der Waals surface area (Å²) in [4.78, 5) is 19.0. The van der Waals surface area contributed by atoms with Gasteiger partial charge in [0.15, 0.2) is 5.89 Å². The van der Waals surface area contributed by atoms with Gasteiger partial charge in [-0.2, -0.15) is 5.10 Å².